The molecule has 2 aromatic heterocycles. The summed E-state index contributed by atoms with van der Waals surface area (Å²) < 4.78 is 0. The molecule has 0 atom stereocenters. The minimum Gasteiger partial charge on any atom is -0.339 e. The Balaban J connectivity index is 2.07. The van der Waals surface area contributed by atoms with Gasteiger partial charge in [0.25, 0.3) is 0 Å². The zero-order valence-corrected chi connectivity index (χ0v) is 12.1. The van der Waals surface area contributed by atoms with E-state index in [1.807, 2.05) is 11.4 Å². The molecule has 3 aromatic rings. The van der Waals surface area contributed by atoms with Crippen LogP contribution in [0.2, 0.25) is 5.28 Å². The highest BCUT2D eigenvalue weighted by Crippen LogP contribution is 2.29. The van der Waals surface area contributed by atoms with Gasteiger partial charge in [-0.05, 0) is 48.5 Å². The highest BCUT2D eigenvalue weighted by molar-refractivity contribution is 7.16. The van der Waals surface area contributed by atoms with Crippen molar-refractivity contribution >= 4 is 44.7 Å². The number of benzene rings is 1. The third-order valence-corrected chi connectivity index (χ3v) is 3.91. The summed E-state index contributed by atoms with van der Waals surface area (Å²) in [7, 11) is 0. The number of hydrogen-bond donors (Lipinski definition) is 1. The molecule has 0 unspecified atom stereocenters. The predicted molar refractivity (Wildman–Crippen MR) is 81.6 cm³/mol. The lowest BCUT2D eigenvalue weighted by Gasteiger charge is -2.10. The van der Waals surface area contributed by atoms with E-state index >= 15 is 0 Å². The summed E-state index contributed by atoms with van der Waals surface area (Å²) in [5, 5.41) is 6.59. The Hall–Kier alpha value is -1.65. The Bertz CT molecular complexity index is 752. The molecule has 0 aliphatic rings. The Labute approximate surface area is 120 Å². The maximum atomic E-state index is 5.96. The molecule has 0 amide bonds. The summed E-state index contributed by atoms with van der Waals surface area (Å²) in [6.07, 6.45) is 0. The SMILES string of the molecule is Cc1ccc(Nc2nc(Cl)nc3sccc23)c(C)c1. The molecule has 0 aliphatic carbocycles. The maximum Gasteiger partial charge on any atom is 0.225 e. The van der Waals surface area contributed by atoms with E-state index in [2.05, 4.69) is 47.3 Å². The largest absolute Gasteiger partial charge is 0.339 e. The van der Waals surface area contributed by atoms with E-state index < -0.39 is 0 Å². The van der Waals surface area contributed by atoms with Crippen LogP contribution in [0.15, 0.2) is 29.6 Å². The number of hydrogen-bond acceptors (Lipinski definition) is 4. The quantitative estimate of drug-likeness (QED) is 0.695. The van der Waals surface area contributed by atoms with Crippen molar-refractivity contribution in [2.75, 3.05) is 5.32 Å². The number of aromatic nitrogens is 2. The average molecular weight is 290 g/mol. The molecule has 0 saturated carbocycles. The molecule has 5 heteroatoms. The lowest BCUT2D eigenvalue weighted by atomic mass is 10.1. The second-order valence-electron chi connectivity index (χ2n) is 4.42. The van der Waals surface area contributed by atoms with E-state index in [0.29, 0.717) is 0 Å². The van der Waals surface area contributed by atoms with Crippen LogP contribution < -0.4 is 5.32 Å². The third kappa shape index (κ3) is 2.41. The lowest BCUT2D eigenvalue weighted by molar-refractivity contribution is 1.22. The van der Waals surface area contributed by atoms with Gasteiger partial charge in [-0.2, -0.15) is 4.98 Å². The summed E-state index contributed by atoms with van der Waals surface area (Å²) in [6.45, 7) is 4.15. The highest BCUT2D eigenvalue weighted by Gasteiger charge is 2.09. The van der Waals surface area contributed by atoms with E-state index in [1.165, 1.54) is 11.1 Å². The maximum absolute atomic E-state index is 5.96. The van der Waals surface area contributed by atoms with Gasteiger partial charge in [0.2, 0.25) is 5.28 Å². The standard InChI is InChI=1S/C14H12ClN3S/c1-8-3-4-11(9(2)7-8)16-12-10-5-6-19-13(10)18-14(15)17-12/h3-7H,1-2H3,(H,16,17,18). The Morgan fingerprint density at radius 1 is 1.16 bits per heavy atom. The summed E-state index contributed by atoms with van der Waals surface area (Å²) in [5.41, 5.74) is 3.45. The van der Waals surface area contributed by atoms with Gasteiger partial charge in [0.15, 0.2) is 0 Å². The van der Waals surface area contributed by atoms with Gasteiger partial charge in [-0.1, -0.05) is 17.7 Å². The molecule has 2 heterocycles. The third-order valence-electron chi connectivity index (χ3n) is 2.93. The van der Waals surface area contributed by atoms with E-state index in [-0.39, 0.29) is 5.28 Å². The van der Waals surface area contributed by atoms with Crippen LogP contribution in [0, 0.1) is 13.8 Å². The molecule has 0 fully saturated rings. The van der Waals surface area contributed by atoms with Gasteiger partial charge in [0.05, 0.1) is 5.39 Å². The number of thiophene rings is 1. The van der Waals surface area contributed by atoms with Crippen LogP contribution in [-0.4, -0.2) is 9.97 Å². The first-order valence-electron chi connectivity index (χ1n) is 5.88. The van der Waals surface area contributed by atoms with E-state index in [9.17, 15) is 0 Å². The number of fused-ring (bicyclic) bond motifs is 1. The molecule has 0 bridgehead atoms. The van der Waals surface area contributed by atoms with Gasteiger partial charge in [0.1, 0.15) is 10.6 Å². The van der Waals surface area contributed by atoms with Gasteiger partial charge in [-0.25, -0.2) is 4.98 Å². The number of anilines is 2. The number of halogens is 1. The Kier molecular flexibility index (Phi) is 3.12. The van der Waals surface area contributed by atoms with Gasteiger partial charge in [-0.15, -0.1) is 11.3 Å². The topological polar surface area (TPSA) is 37.8 Å². The van der Waals surface area contributed by atoms with Crippen molar-refractivity contribution in [3.05, 3.63) is 46.1 Å². The first-order chi connectivity index (χ1) is 9.13. The fourth-order valence-electron chi connectivity index (χ4n) is 2.01. The molecule has 0 radical (unpaired) electrons. The molecule has 1 N–H and O–H groups in total. The molecule has 0 spiro atoms. The van der Waals surface area contributed by atoms with Crippen molar-refractivity contribution in [3.8, 4) is 0 Å². The Morgan fingerprint density at radius 2 is 2.00 bits per heavy atom. The van der Waals surface area contributed by atoms with Gasteiger partial charge < -0.3 is 5.32 Å². The monoisotopic (exact) mass is 289 g/mol. The zero-order valence-electron chi connectivity index (χ0n) is 10.6. The van der Waals surface area contributed by atoms with Crippen molar-refractivity contribution < 1.29 is 0 Å². The summed E-state index contributed by atoms with van der Waals surface area (Å²) in [4.78, 5) is 9.39. The summed E-state index contributed by atoms with van der Waals surface area (Å²) >= 11 is 7.51. The average Bonchev–Trinajstić information content (AvgIpc) is 2.80. The smallest absolute Gasteiger partial charge is 0.225 e. The van der Waals surface area contributed by atoms with Crippen molar-refractivity contribution in [1.29, 1.82) is 0 Å². The summed E-state index contributed by atoms with van der Waals surface area (Å²) in [6, 6.07) is 8.26. The molecule has 1 aromatic carbocycles. The van der Waals surface area contributed by atoms with Gasteiger partial charge in [0, 0.05) is 5.69 Å². The number of rotatable bonds is 2. The van der Waals surface area contributed by atoms with Gasteiger partial charge >= 0.3 is 0 Å². The van der Waals surface area contributed by atoms with Crippen LogP contribution in [-0.2, 0) is 0 Å². The second-order valence-corrected chi connectivity index (χ2v) is 5.66. The molecule has 96 valence electrons. The first-order valence-corrected chi connectivity index (χ1v) is 7.14. The molecule has 0 aliphatic heterocycles. The summed E-state index contributed by atoms with van der Waals surface area (Å²) in [5.74, 6) is 0.753. The fourth-order valence-corrected chi connectivity index (χ4v) is 2.99. The second kappa shape index (κ2) is 4.79. The van der Waals surface area contributed by atoms with Gasteiger partial charge in [-0.3, -0.25) is 0 Å². The Morgan fingerprint density at radius 3 is 2.79 bits per heavy atom. The number of nitrogens with one attached hydrogen (secondary N) is 1. The predicted octanol–water partition coefficient (Wildman–Crippen LogP) is 4.71. The van der Waals surface area contributed by atoms with Crippen LogP contribution in [0.4, 0.5) is 11.5 Å². The molecular formula is C14H12ClN3S. The van der Waals surface area contributed by atoms with Crippen LogP contribution in [0.5, 0.6) is 0 Å². The highest BCUT2D eigenvalue weighted by atomic mass is 35.5. The molecule has 19 heavy (non-hydrogen) atoms. The van der Waals surface area contributed by atoms with Crippen LogP contribution in [0.25, 0.3) is 10.2 Å². The number of aryl methyl sites for hydroxylation is 2. The van der Waals surface area contributed by atoms with Crippen LogP contribution in [0.3, 0.4) is 0 Å². The minimum absolute atomic E-state index is 0.266. The first kappa shape index (κ1) is 12.4. The zero-order chi connectivity index (χ0) is 13.4. The van der Waals surface area contributed by atoms with Crippen molar-refractivity contribution in [3.63, 3.8) is 0 Å². The normalized spacial score (nSPS) is 10.9. The minimum atomic E-state index is 0.266. The fraction of sp³-hybridized carbons (Fsp3) is 0.143. The van der Waals surface area contributed by atoms with Crippen molar-refractivity contribution in [1.82, 2.24) is 9.97 Å². The van der Waals surface area contributed by atoms with E-state index in [1.54, 1.807) is 11.3 Å². The van der Waals surface area contributed by atoms with Crippen molar-refractivity contribution in [2.24, 2.45) is 0 Å². The molecule has 3 rings (SSSR count). The number of nitrogens with zero attached hydrogens (tertiary/aromatic N) is 2. The van der Waals surface area contributed by atoms with E-state index in [4.69, 9.17) is 11.6 Å². The van der Waals surface area contributed by atoms with E-state index in [0.717, 1.165) is 21.7 Å². The lowest BCUT2D eigenvalue weighted by Crippen LogP contribution is -1.97. The molecule has 0 saturated heterocycles. The molecule has 3 nitrogen and oxygen atoms in total. The molecular weight excluding hydrogens is 278 g/mol. The van der Waals surface area contributed by atoms with Crippen LogP contribution in [0.1, 0.15) is 11.1 Å². The van der Waals surface area contributed by atoms with Crippen molar-refractivity contribution in [2.45, 2.75) is 13.8 Å². The van der Waals surface area contributed by atoms with Crippen LogP contribution >= 0.6 is 22.9 Å².